The number of hydrogen-bond donors (Lipinski definition) is 1. The van der Waals surface area contributed by atoms with E-state index in [-0.39, 0.29) is 22.1 Å². The van der Waals surface area contributed by atoms with Crippen molar-refractivity contribution >= 4 is 50.6 Å². The third-order valence-corrected chi connectivity index (χ3v) is 6.81. The lowest BCUT2D eigenvalue weighted by Gasteiger charge is -2.10. The lowest BCUT2D eigenvalue weighted by Crippen LogP contribution is -2.13. The van der Waals surface area contributed by atoms with Crippen LogP contribution in [-0.2, 0) is 0 Å². The highest BCUT2D eigenvalue weighted by atomic mass is 35.5. The lowest BCUT2D eigenvalue weighted by molar-refractivity contribution is 0.484. The Morgan fingerprint density at radius 2 is 1.80 bits per heavy atom. The number of hydrogen-bond acceptors (Lipinski definition) is 6. The molecular weight excluding hydrogens is 484 g/mol. The Labute approximate surface area is 207 Å². The smallest absolute Gasteiger partial charge is 0.196 e. The number of benzene rings is 3. The molecule has 6 rings (SSSR count). The maximum Gasteiger partial charge on any atom is 0.196 e. The number of nitrogens with zero attached hydrogens (tertiary/aromatic N) is 2. The van der Waals surface area contributed by atoms with Gasteiger partial charge in [-0.05, 0) is 42.8 Å². The maximum atomic E-state index is 12.8. The second-order valence-corrected chi connectivity index (χ2v) is 9.25. The van der Waals surface area contributed by atoms with Crippen LogP contribution in [-0.4, -0.2) is 9.67 Å². The van der Waals surface area contributed by atoms with Gasteiger partial charge in [0.05, 0.1) is 17.3 Å². The monoisotopic (exact) mass is 500 g/mol. The molecule has 172 valence electrons. The topological polar surface area (TPSA) is 80.9 Å². The van der Waals surface area contributed by atoms with Crippen molar-refractivity contribution in [2.45, 2.75) is 6.92 Å². The lowest BCUT2D eigenvalue weighted by atomic mass is 10.1. The molecule has 0 unspecified atom stereocenters. The molecular formula is C27H17ClN2O4S. The molecule has 0 aliphatic heterocycles. The fraction of sp³-hybridized carbons (Fsp3) is 0.0370. The van der Waals surface area contributed by atoms with E-state index < -0.39 is 0 Å². The van der Waals surface area contributed by atoms with Crippen molar-refractivity contribution in [3.63, 3.8) is 0 Å². The van der Waals surface area contributed by atoms with Gasteiger partial charge in [-0.25, -0.2) is 4.99 Å². The predicted octanol–water partition coefficient (Wildman–Crippen LogP) is 6.96. The summed E-state index contributed by atoms with van der Waals surface area (Å²) < 4.78 is 13.6. The predicted molar refractivity (Wildman–Crippen MR) is 138 cm³/mol. The number of para-hydroxylation sites is 1. The molecule has 0 spiro atoms. The summed E-state index contributed by atoms with van der Waals surface area (Å²) in [5.41, 5.74) is 3.32. The largest absolute Gasteiger partial charge is 0.506 e. The highest BCUT2D eigenvalue weighted by Gasteiger charge is 2.21. The van der Waals surface area contributed by atoms with Crippen LogP contribution in [0.2, 0.25) is 5.02 Å². The number of halogens is 1. The van der Waals surface area contributed by atoms with E-state index in [1.807, 2.05) is 64.5 Å². The van der Waals surface area contributed by atoms with Crippen molar-refractivity contribution in [2.75, 3.05) is 0 Å². The molecule has 8 heteroatoms. The van der Waals surface area contributed by atoms with E-state index in [2.05, 4.69) is 0 Å². The highest BCUT2D eigenvalue weighted by Crippen LogP contribution is 2.41. The number of furan rings is 1. The number of aromatic nitrogens is 1. The van der Waals surface area contributed by atoms with E-state index >= 15 is 0 Å². The van der Waals surface area contributed by atoms with E-state index in [9.17, 15) is 9.90 Å². The van der Waals surface area contributed by atoms with Gasteiger partial charge in [0.25, 0.3) is 0 Å². The molecule has 3 heterocycles. The van der Waals surface area contributed by atoms with Crippen LogP contribution >= 0.6 is 22.9 Å². The van der Waals surface area contributed by atoms with Gasteiger partial charge in [-0.3, -0.25) is 9.36 Å². The second kappa shape index (κ2) is 8.30. The second-order valence-electron chi connectivity index (χ2n) is 7.98. The molecule has 0 radical (unpaired) electrons. The van der Waals surface area contributed by atoms with Crippen molar-refractivity contribution in [1.29, 1.82) is 0 Å². The SMILES string of the molecule is Cc1cc(=O)c2c(O)c3ccoc3c(N=c3scc(-c4ccc(Cl)cc4)n3-c3ccccc3)c2o1. The highest BCUT2D eigenvalue weighted by molar-refractivity contribution is 7.07. The first-order chi connectivity index (χ1) is 17.0. The van der Waals surface area contributed by atoms with Gasteiger partial charge in [-0.1, -0.05) is 41.9 Å². The number of thiazole rings is 1. The quantitative estimate of drug-likeness (QED) is 0.285. The van der Waals surface area contributed by atoms with E-state index in [1.54, 1.807) is 13.0 Å². The minimum atomic E-state index is -0.343. The molecule has 0 aliphatic rings. The average molecular weight is 501 g/mol. The van der Waals surface area contributed by atoms with E-state index in [4.69, 9.17) is 25.4 Å². The first kappa shape index (κ1) is 21.5. The van der Waals surface area contributed by atoms with Crippen LogP contribution in [0, 0.1) is 6.92 Å². The molecule has 1 N–H and O–H groups in total. The fourth-order valence-corrected chi connectivity index (χ4v) is 5.19. The first-order valence-electron chi connectivity index (χ1n) is 10.7. The van der Waals surface area contributed by atoms with E-state index in [0.29, 0.717) is 32.2 Å². The van der Waals surface area contributed by atoms with Crippen molar-refractivity contribution in [3.8, 4) is 22.7 Å². The van der Waals surface area contributed by atoms with Gasteiger partial charge in [0.15, 0.2) is 27.1 Å². The Balaban J connectivity index is 1.73. The van der Waals surface area contributed by atoms with Gasteiger partial charge < -0.3 is 13.9 Å². The minimum absolute atomic E-state index is 0.0731. The normalized spacial score (nSPS) is 12.1. The summed E-state index contributed by atoms with van der Waals surface area (Å²) >= 11 is 7.55. The molecule has 6 nitrogen and oxygen atoms in total. The summed E-state index contributed by atoms with van der Waals surface area (Å²) in [7, 11) is 0. The third-order valence-electron chi connectivity index (χ3n) is 5.73. The van der Waals surface area contributed by atoms with Gasteiger partial charge in [-0.15, -0.1) is 11.3 Å². The maximum absolute atomic E-state index is 12.8. The Hall–Kier alpha value is -4.07. The first-order valence-corrected chi connectivity index (χ1v) is 12.0. The number of phenolic OH excluding ortho intramolecular Hbond substituents is 1. The van der Waals surface area contributed by atoms with Crippen LogP contribution in [0.1, 0.15) is 5.76 Å². The Kier molecular flexibility index (Phi) is 5.09. The number of phenols is 1. The molecule has 3 aromatic heterocycles. The zero-order valence-corrected chi connectivity index (χ0v) is 19.9. The van der Waals surface area contributed by atoms with Crippen LogP contribution in [0.5, 0.6) is 5.75 Å². The van der Waals surface area contributed by atoms with Gasteiger partial charge >= 0.3 is 0 Å². The van der Waals surface area contributed by atoms with Crippen molar-refractivity contribution in [1.82, 2.24) is 4.57 Å². The van der Waals surface area contributed by atoms with Crippen molar-refractivity contribution in [2.24, 2.45) is 4.99 Å². The van der Waals surface area contributed by atoms with Crippen LogP contribution < -0.4 is 10.2 Å². The molecule has 0 aliphatic carbocycles. The Bertz CT molecular complexity index is 1840. The molecule has 3 aromatic carbocycles. The number of aryl methyl sites for hydroxylation is 1. The van der Waals surface area contributed by atoms with Crippen molar-refractivity contribution < 1.29 is 13.9 Å². The summed E-state index contributed by atoms with van der Waals surface area (Å²) in [4.78, 5) is 18.4. The van der Waals surface area contributed by atoms with E-state index in [1.165, 1.54) is 23.7 Å². The van der Waals surface area contributed by atoms with E-state index in [0.717, 1.165) is 16.9 Å². The molecule has 35 heavy (non-hydrogen) atoms. The summed E-state index contributed by atoms with van der Waals surface area (Å²) in [6.07, 6.45) is 1.46. The Morgan fingerprint density at radius 3 is 2.57 bits per heavy atom. The van der Waals surface area contributed by atoms with Crippen molar-refractivity contribution in [3.05, 3.63) is 104 Å². The number of fused-ring (bicyclic) bond motifs is 2. The molecule has 0 amide bonds. The molecule has 0 saturated carbocycles. The Morgan fingerprint density at radius 1 is 1.03 bits per heavy atom. The number of rotatable bonds is 3. The van der Waals surface area contributed by atoms with Gasteiger partial charge in [0.2, 0.25) is 0 Å². The number of aromatic hydroxyl groups is 1. The summed E-state index contributed by atoms with van der Waals surface area (Å²) in [6.45, 7) is 1.68. The zero-order valence-electron chi connectivity index (χ0n) is 18.4. The van der Waals surface area contributed by atoms with Gasteiger partial charge in [-0.2, -0.15) is 0 Å². The standard InChI is InChI=1S/C27H17ClN2O4S/c1-15-13-21(31)22-24(32)19-11-12-33-25(19)23(26(22)34-15)29-27-30(18-5-3-2-4-6-18)20(14-35-27)16-7-9-17(28)10-8-16/h2-14,32H,1H3. The van der Waals surface area contributed by atoms with Crippen LogP contribution in [0.4, 0.5) is 5.69 Å². The molecule has 0 bridgehead atoms. The fourth-order valence-electron chi connectivity index (χ4n) is 4.15. The molecule has 0 atom stereocenters. The summed E-state index contributed by atoms with van der Waals surface area (Å²) in [5, 5.41) is 13.9. The summed E-state index contributed by atoms with van der Waals surface area (Å²) in [5.74, 6) is 0.230. The van der Waals surface area contributed by atoms with Crippen LogP contribution in [0.3, 0.4) is 0 Å². The summed E-state index contributed by atoms with van der Waals surface area (Å²) in [6, 6.07) is 20.4. The van der Waals surface area contributed by atoms with Gasteiger partial charge in [0.1, 0.15) is 16.9 Å². The van der Waals surface area contributed by atoms with Crippen LogP contribution in [0.15, 0.2) is 97.0 Å². The zero-order chi connectivity index (χ0) is 24.1. The third kappa shape index (κ3) is 3.56. The minimum Gasteiger partial charge on any atom is -0.506 e. The van der Waals surface area contributed by atoms with Crippen LogP contribution in [0.25, 0.3) is 38.9 Å². The molecule has 0 saturated heterocycles. The average Bonchev–Trinajstić information content (AvgIpc) is 3.50. The molecule has 6 aromatic rings. The molecule has 0 fully saturated rings. The van der Waals surface area contributed by atoms with Gasteiger partial charge in [0, 0.05) is 22.2 Å².